The topological polar surface area (TPSA) is 21.7 Å². The van der Waals surface area contributed by atoms with Crippen LogP contribution in [0.4, 0.5) is 0 Å². The van der Waals surface area contributed by atoms with Gasteiger partial charge in [0.2, 0.25) is 0 Å². The minimum atomic E-state index is 0.679. The van der Waals surface area contributed by atoms with E-state index in [1.54, 1.807) is 0 Å². The molecule has 2 rings (SSSR count). The van der Waals surface area contributed by atoms with Gasteiger partial charge in [0.25, 0.3) is 0 Å². The molecule has 2 fully saturated rings. The molecule has 2 heterocycles. The van der Waals surface area contributed by atoms with Gasteiger partial charge in [-0.1, -0.05) is 27.7 Å². The number of piperidine rings is 1. The highest BCUT2D eigenvalue weighted by molar-refractivity contribution is 4.78. The molecule has 0 aromatic carbocycles. The molecule has 0 aromatic rings. The van der Waals surface area contributed by atoms with Crippen LogP contribution in [0.25, 0.3) is 0 Å². The Labute approximate surface area is 169 Å². The van der Waals surface area contributed by atoms with Gasteiger partial charge in [0.15, 0.2) is 0 Å². The summed E-state index contributed by atoms with van der Waals surface area (Å²) in [5, 5.41) is 0. The highest BCUT2D eigenvalue weighted by Crippen LogP contribution is 2.27. The zero-order valence-electron chi connectivity index (χ0n) is 18.9. The zero-order chi connectivity index (χ0) is 19.6. The Hall–Kier alpha value is -0.120. The first-order valence-electron chi connectivity index (χ1n) is 11.9. The third-order valence-corrected chi connectivity index (χ3v) is 7.42. The number of hydrogen-bond acceptors (Lipinski definition) is 3. The van der Waals surface area contributed by atoms with Crippen LogP contribution >= 0.6 is 0 Å². The van der Waals surface area contributed by atoms with E-state index < -0.39 is 0 Å². The second-order valence-corrected chi connectivity index (χ2v) is 9.94. The molecule has 3 atom stereocenters. The molecule has 2 saturated heterocycles. The number of likely N-dealkylation sites (tertiary alicyclic amines) is 1. The maximum atomic E-state index is 6.03. The summed E-state index contributed by atoms with van der Waals surface area (Å²) in [6.07, 6.45) is 9.12. The van der Waals surface area contributed by atoms with Gasteiger partial charge < -0.3 is 14.4 Å². The molecular weight excluding hydrogens is 334 g/mol. The minimum absolute atomic E-state index is 0.679. The van der Waals surface area contributed by atoms with Crippen LogP contribution in [0.1, 0.15) is 79.6 Å². The van der Waals surface area contributed by atoms with E-state index in [1.165, 1.54) is 58.0 Å². The Morgan fingerprint density at radius 1 is 0.852 bits per heavy atom. The molecule has 0 N–H and O–H groups in total. The van der Waals surface area contributed by atoms with Crippen molar-refractivity contribution in [1.82, 2.24) is 4.90 Å². The molecule has 0 amide bonds. The second kappa shape index (κ2) is 12.4. The summed E-state index contributed by atoms with van der Waals surface area (Å²) in [6, 6.07) is 0.745. The zero-order valence-corrected chi connectivity index (χ0v) is 18.9. The van der Waals surface area contributed by atoms with Crippen molar-refractivity contribution in [2.75, 3.05) is 39.5 Å². The molecule has 2 aliphatic heterocycles. The number of nitrogens with zero attached hydrogens (tertiary/aromatic N) is 1. The Bertz CT molecular complexity index is 373. The summed E-state index contributed by atoms with van der Waals surface area (Å²) in [4.78, 5) is 2.73. The van der Waals surface area contributed by atoms with Crippen LogP contribution in [0.3, 0.4) is 0 Å². The van der Waals surface area contributed by atoms with Gasteiger partial charge in [-0.05, 0) is 94.5 Å². The molecular formula is C24H47NO2. The van der Waals surface area contributed by atoms with Gasteiger partial charge in [-0.25, -0.2) is 0 Å². The Kier molecular flexibility index (Phi) is 10.7. The number of rotatable bonds is 11. The molecule has 3 nitrogen and oxygen atoms in total. The first-order chi connectivity index (χ1) is 13.0. The molecule has 3 heteroatoms. The van der Waals surface area contributed by atoms with Gasteiger partial charge in [-0.15, -0.1) is 0 Å². The van der Waals surface area contributed by atoms with E-state index in [2.05, 4.69) is 39.5 Å². The van der Waals surface area contributed by atoms with Gasteiger partial charge in [0.05, 0.1) is 0 Å². The summed E-state index contributed by atoms with van der Waals surface area (Å²) in [5.74, 6) is 4.07. The van der Waals surface area contributed by atoms with Gasteiger partial charge >= 0.3 is 0 Å². The largest absolute Gasteiger partial charge is 0.381 e. The van der Waals surface area contributed by atoms with Crippen molar-refractivity contribution in [1.29, 1.82) is 0 Å². The third-order valence-electron chi connectivity index (χ3n) is 7.42. The van der Waals surface area contributed by atoms with Gasteiger partial charge in [0, 0.05) is 32.5 Å². The normalized spacial score (nSPS) is 24.2. The van der Waals surface area contributed by atoms with Crippen LogP contribution in [-0.2, 0) is 9.47 Å². The highest BCUT2D eigenvalue weighted by Gasteiger charge is 2.24. The van der Waals surface area contributed by atoms with Crippen molar-refractivity contribution >= 4 is 0 Å². The molecule has 0 saturated carbocycles. The van der Waals surface area contributed by atoms with E-state index in [1.807, 2.05) is 0 Å². The highest BCUT2D eigenvalue weighted by atomic mass is 16.5. The van der Waals surface area contributed by atoms with E-state index >= 15 is 0 Å². The Balaban J connectivity index is 1.51. The lowest BCUT2D eigenvalue weighted by molar-refractivity contribution is 0.0182. The lowest BCUT2D eigenvalue weighted by Crippen LogP contribution is -2.41. The first-order valence-corrected chi connectivity index (χ1v) is 11.9. The third kappa shape index (κ3) is 8.41. The van der Waals surface area contributed by atoms with E-state index in [4.69, 9.17) is 9.47 Å². The SMILES string of the molecule is CC(CCOCC(C)C1CCOCC1)CCC(C)N1CCC(C(C)C)CC1. The summed E-state index contributed by atoms with van der Waals surface area (Å²) in [6.45, 7) is 18.3. The summed E-state index contributed by atoms with van der Waals surface area (Å²) in [7, 11) is 0. The lowest BCUT2D eigenvalue weighted by Gasteiger charge is -2.37. The average molecular weight is 382 g/mol. The minimum Gasteiger partial charge on any atom is -0.381 e. The lowest BCUT2D eigenvalue weighted by atomic mass is 9.86. The van der Waals surface area contributed by atoms with Crippen LogP contribution < -0.4 is 0 Å². The predicted molar refractivity (Wildman–Crippen MR) is 115 cm³/mol. The Morgan fingerprint density at radius 2 is 1.52 bits per heavy atom. The molecule has 0 aliphatic carbocycles. The van der Waals surface area contributed by atoms with Crippen LogP contribution in [0.2, 0.25) is 0 Å². The predicted octanol–water partition coefficient (Wildman–Crippen LogP) is 5.63. The second-order valence-electron chi connectivity index (χ2n) is 9.94. The summed E-state index contributed by atoms with van der Waals surface area (Å²) < 4.78 is 11.5. The molecule has 2 aliphatic rings. The van der Waals surface area contributed by atoms with E-state index in [0.717, 1.165) is 56.1 Å². The van der Waals surface area contributed by atoms with Crippen molar-refractivity contribution in [3.8, 4) is 0 Å². The van der Waals surface area contributed by atoms with Crippen LogP contribution in [0.15, 0.2) is 0 Å². The molecule has 0 radical (unpaired) electrons. The molecule has 27 heavy (non-hydrogen) atoms. The standard InChI is InChI=1S/C24H47NO2/c1-19(2)23-8-13-25(14-9-23)22(5)7-6-20(3)10-15-27-18-21(4)24-11-16-26-17-12-24/h19-24H,6-18H2,1-5H3. The molecule has 0 spiro atoms. The van der Waals surface area contributed by atoms with Gasteiger partial charge in [-0.2, -0.15) is 0 Å². The van der Waals surface area contributed by atoms with Crippen molar-refractivity contribution in [3.05, 3.63) is 0 Å². The fourth-order valence-corrected chi connectivity index (χ4v) is 4.85. The van der Waals surface area contributed by atoms with Crippen molar-refractivity contribution < 1.29 is 9.47 Å². The monoisotopic (exact) mass is 381 g/mol. The molecule has 0 aromatic heterocycles. The summed E-state index contributed by atoms with van der Waals surface area (Å²) in [5.41, 5.74) is 0. The fourth-order valence-electron chi connectivity index (χ4n) is 4.85. The molecule has 3 unspecified atom stereocenters. The maximum absolute atomic E-state index is 6.03. The van der Waals surface area contributed by atoms with E-state index in [-0.39, 0.29) is 0 Å². The van der Waals surface area contributed by atoms with Crippen molar-refractivity contribution in [2.24, 2.45) is 29.6 Å². The van der Waals surface area contributed by atoms with Crippen LogP contribution in [0, 0.1) is 29.6 Å². The maximum Gasteiger partial charge on any atom is 0.0494 e. The van der Waals surface area contributed by atoms with E-state index in [0.29, 0.717) is 5.92 Å². The van der Waals surface area contributed by atoms with Crippen LogP contribution in [-0.4, -0.2) is 50.5 Å². The number of ether oxygens (including phenoxy) is 2. The van der Waals surface area contributed by atoms with Gasteiger partial charge in [0.1, 0.15) is 0 Å². The number of hydrogen-bond donors (Lipinski definition) is 0. The quantitative estimate of drug-likeness (QED) is 0.433. The smallest absolute Gasteiger partial charge is 0.0494 e. The van der Waals surface area contributed by atoms with Crippen molar-refractivity contribution in [2.45, 2.75) is 85.6 Å². The van der Waals surface area contributed by atoms with Gasteiger partial charge in [-0.3, -0.25) is 0 Å². The molecule has 0 bridgehead atoms. The fraction of sp³-hybridized carbons (Fsp3) is 1.00. The first kappa shape index (κ1) is 23.2. The average Bonchev–Trinajstić information content (AvgIpc) is 2.70. The summed E-state index contributed by atoms with van der Waals surface area (Å²) >= 11 is 0. The van der Waals surface area contributed by atoms with Crippen molar-refractivity contribution in [3.63, 3.8) is 0 Å². The van der Waals surface area contributed by atoms with E-state index in [9.17, 15) is 0 Å². The van der Waals surface area contributed by atoms with Crippen LogP contribution in [0.5, 0.6) is 0 Å². The Morgan fingerprint density at radius 3 is 2.15 bits per heavy atom. The molecule has 160 valence electrons.